The fourth-order valence-electron chi connectivity index (χ4n) is 2.91. The van der Waals surface area contributed by atoms with E-state index in [1.54, 1.807) is 6.92 Å². The van der Waals surface area contributed by atoms with Gasteiger partial charge in [0.05, 0.1) is 16.7 Å². The highest BCUT2D eigenvalue weighted by Crippen LogP contribution is 2.40. The lowest BCUT2D eigenvalue weighted by Gasteiger charge is -2.14. The van der Waals surface area contributed by atoms with Crippen LogP contribution in [-0.4, -0.2) is 31.8 Å². The van der Waals surface area contributed by atoms with Crippen molar-refractivity contribution in [3.63, 3.8) is 0 Å². The molecule has 0 atom stereocenters. The van der Waals surface area contributed by atoms with Crippen LogP contribution in [0.2, 0.25) is 0 Å². The van der Waals surface area contributed by atoms with Crippen LogP contribution in [0.1, 0.15) is 16.6 Å². The van der Waals surface area contributed by atoms with Gasteiger partial charge >= 0.3 is 5.97 Å². The van der Waals surface area contributed by atoms with Gasteiger partial charge in [0.2, 0.25) is 0 Å². The Morgan fingerprint density at radius 1 is 1.18 bits per heavy atom. The smallest absolute Gasteiger partial charge is 0.348 e. The summed E-state index contributed by atoms with van der Waals surface area (Å²) in [4.78, 5) is 14.7. The van der Waals surface area contributed by atoms with Gasteiger partial charge in [0, 0.05) is 25.2 Å². The summed E-state index contributed by atoms with van der Waals surface area (Å²) in [6.45, 7) is 2.12. The van der Waals surface area contributed by atoms with E-state index in [4.69, 9.17) is 9.26 Å². The molecule has 0 unspecified atom stereocenters. The van der Waals surface area contributed by atoms with Crippen molar-refractivity contribution in [1.29, 1.82) is 0 Å². The van der Waals surface area contributed by atoms with E-state index >= 15 is 0 Å². The van der Waals surface area contributed by atoms with Crippen LogP contribution in [-0.2, 0) is 4.74 Å². The molecule has 0 amide bonds. The molecule has 0 aliphatic rings. The molecule has 8 heteroatoms. The number of carbonyl (C=O) groups excluding carboxylic acids is 1. The standard InChI is InChI=1S/C20H18N4O3S/c1-4-26-20(25)17-11-13-16(24(2)3)10-9-15(18(13)28-17)21-22-19-12-7-5-6-8-14(12)23-27-19/h5-11H,4H2,1-3H3/b22-21+. The average molecular weight is 394 g/mol. The fraction of sp³-hybridized carbons (Fsp3) is 0.200. The SMILES string of the molecule is CCOC(=O)c1cc2c(N(C)C)ccc(/N=N/c3onc4ccccc34)c2s1. The molecule has 0 bridgehead atoms. The lowest BCUT2D eigenvalue weighted by Crippen LogP contribution is -2.08. The highest BCUT2D eigenvalue weighted by molar-refractivity contribution is 7.21. The Hall–Kier alpha value is -3.26. The van der Waals surface area contributed by atoms with Crippen LogP contribution in [0.25, 0.3) is 21.0 Å². The lowest BCUT2D eigenvalue weighted by molar-refractivity contribution is 0.0532. The van der Waals surface area contributed by atoms with E-state index in [2.05, 4.69) is 15.4 Å². The zero-order valence-electron chi connectivity index (χ0n) is 15.7. The Labute approximate surface area is 165 Å². The van der Waals surface area contributed by atoms with Gasteiger partial charge in [-0.25, -0.2) is 4.79 Å². The van der Waals surface area contributed by atoms with Gasteiger partial charge in [-0.1, -0.05) is 17.3 Å². The lowest BCUT2D eigenvalue weighted by atomic mass is 10.2. The average Bonchev–Trinajstić information content (AvgIpc) is 3.31. The van der Waals surface area contributed by atoms with E-state index in [0.717, 1.165) is 26.7 Å². The first-order chi connectivity index (χ1) is 13.6. The number of fused-ring (bicyclic) bond motifs is 2. The quantitative estimate of drug-likeness (QED) is 0.320. The first kappa shape index (κ1) is 18.1. The van der Waals surface area contributed by atoms with E-state index in [-0.39, 0.29) is 5.97 Å². The van der Waals surface area contributed by atoms with E-state index in [0.29, 0.717) is 23.1 Å². The molecule has 142 valence electrons. The molecule has 2 aromatic heterocycles. The summed E-state index contributed by atoms with van der Waals surface area (Å²) in [6.07, 6.45) is 0. The molecule has 2 heterocycles. The monoisotopic (exact) mass is 394 g/mol. The Bertz CT molecular complexity index is 1190. The van der Waals surface area contributed by atoms with Crippen molar-refractivity contribution < 1.29 is 14.1 Å². The van der Waals surface area contributed by atoms with Crippen LogP contribution in [0.4, 0.5) is 17.3 Å². The van der Waals surface area contributed by atoms with Gasteiger partial charge in [-0.2, -0.15) is 0 Å². The van der Waals surface area contributed by atoms with E-state index in [1.807, 2.05) is 61.5 Å². The Balaban J connectivity index is 1.80. The molecule has 0 saturated heterocycles. The van der Waals surface area contributed by atoms with Crippen molar-refractivity contribution in [3.05, 3.63) is 47.3 Å². The predicted molar refractivity (Wildman–Crippen MR) is 110 cm³/mol. The third kappa shape index (κ3) is 3.22. The number of nitrogens with zero attached hydrogens (tertiary/aromatic N) is 4. The van der Waals surface area contributed by atoms with E-state index < -0.39 is 0 Å². The molecule has 0 aliphatic heterocycles. The topological polar surface area (TPSA) is 80.3 Å². The Kier molecular flexibility index (Phi) is 4.79. The summed E-state index contributed by atoms with van der Waals surface area (Å²) < 4.78 is 11.3. The number of carbonyl (C=O) groups is 1. The van der Waals surface area contributed by atoms with Crippen molar-refractivity contribution in [2.24, 2.45) is 10.2 Å². The van der Waals surface area contributed by atoms with Gasteiger partial charge in [-0.05, 0) is 37.3 Å². The summed E-state index contributed by atoms with van der Waals surface area (Å²) in [5, 5.41) is 14.3. The highest BCUT2D eigenvalue weighted by Gasteiger charge is 2.17. The molecule has 0 spiro atoms. The number of anilines is 1. The Morgan fingerprint density at radius 3 is 2.79 bits per heavy atom. The zero-order valence-corrected chi connectivity index (χ0v) is 16.5. The number of esters is 1. The molecular weight excluding hydrogens is 376 g/mol. The largest absolute Gasteiger partial charge is 0.462 e. The summed E-state index contributed by atoms with van der Waals surface area (Å²) >= 11 is 1.34. The van der Waals surface area contributed by atoms with Crippen molar-refractivity contribution >= 4 is 55.6 Å². The summed E-state index contributed by atoms with van der Waals surface area (Å²) in [5.41, 5.74) is 2.37. The van der Waals surface area contributed by atoms with Gasteiger partial charge in [-0.15, -0.1) is 21.6 Å². The summed E-state index contributed by atoms with van der Waals surface area (Å²) in [6, 6.07) is 13.2. The van der Waals surface area contributed by atoms with Crippen molar-refractivity contribution in [1.82, 2.24) is 5.16 Å². The second-order valence-electron chi connectivity index (χ2n) is 6.28. The molecular formula is C20H18N4O3S. The molecule has 0 radical (unpaired) electrons. The first-order valence-corrected chi connectivity index (χ1v) is 9.57. The van der Waals surface area contributed by atoms with Crippen LogP contribution in [0.5, 0.6) is 0 Å². The maximum atomic E-state index is 12.2. The van der Waals surface area contributed by atoms with E-state index in [9.17, 15) is 4.79 Å². The molecule has 0 aliphatic carbocycles. The number of thiophene rings is 1. The first-order valence-electron chi connectivity index (χ1n) is 8.75. The predicted octanol–water partition coefficient (Wildman–Crippen LogP) is 5.70. The molecule has 28 heavy (non-hydrogen) atoms. The minimum absolute atomic E-state index is 0.332. The molecule has 4 aromatic rings. The molecule has 0 N–H and O–H groups in total. The summed E-state index contributed by atoms with van der Waals surface area (Å²) in [5.74, 6) is 0.0140. The number of rotatable bonds is 5. The molecule has 0 saturated carbocycles. The van der Waals surface area contributed by atoms with Crippen molar-refractivity contribution in [3.8, 4) is 0 Å². The normalized spacial score (nSPS) is 11.5. The molecule has 0 fully saturated rings. The Morgan fingerprint density at radius 2 is 2.00 bits per heavy atom. The fourth-order valence-corrected chi connectivity index (χ4v) is 3.94. The number of benzene rings is 2. The number of aromatic nitrogens is 1. The van der Waals surface area contributed by atoms with Crippen LogP contribution in [0, 0.1) is 0 Å². The van der Waals surface area contributed by atoms with Crippen LogP contribution in [0.3, 0.4) is 0 Å². The van der Waals surface area contributed by atoms with Gasteiger partial charge in [0.15, 0.2) is 0 Å². The van der Waals surface area contributed by atoms with Crippen molar-refractivity contribution in [2.45, 2.75) is 6.92 Å². The number of azo groups is 1. The third-order valence-corrected chi connectivity index (χ3v) is 5.35. The van der Waals surface area contributed by atoms with Gasteiger partial charge in [-0.3, -0.25) is 0 Å². The number of hydrogen-bond donors (Lipinski definition) is 0. The second-order valence-corrected chi connectivity index (χ2v) is 7.33. The van der Waals surface area contributed by atoms with Crippen LogP contribution < -0.4 is 4.90 Å². The minimum Gasteiger partial charge on any atom is -0.462 e. The van der Waals surface area contributed by atoms with Gasteiger partial charge < -0.3 is 14.2 Å². The molecule has 4 rings (SSSR count). The highest BCUT2D eigenvalue weighted by atomic mass is 32.1. The molecule has 2 aromatic carbocycles. The zero-order chi connectivity index (χ0) is 19.7. The van der Waals surface area contributed by atoms with E-state index in [1.165, 1.54) is 11.3 Å². The van der Waals surface area contributed by atoms with Gasteiger partial charge in [0.1, 0.15) is 16.1 Å². The maximum Gasteiger partial charge on any atom is 0.348 e. The van der Waals surface area contributed by atoms with Crippen LogP contribution >= 0.6 is 11.3 Å². The molecule has 7 nitrogen and oxygen atoms in total. The van der Waals surface area contributed by atoms with Gasteiger partial charge in [0.25, 0.3) is 5.88 Å². The number of ether oxygens (including phenoxy) is 1. The van der Waals surface area contributed by atoms with Crippen molar-refractivity contribution in [2.75, 3.05) is 25.6 Å². The number of hydrogen-bond acceptors (Lipinski definition) is 8. The minimum atomic E-state index is -0.336. The maximum absolute atomic E-state index is 12.2. The second kappa shape index (κ2) is 7.40. The van der Waals surface area contributed by atoms with Crippen LogP contribution in [0.15, 0.2) is 57.2 Å². The third-order valence-electron chi connectivity index (χ3n) is 4.21. The summed E-state index contributed by atoms with van der Waals surface area (Å²) in [7, 11) is 3.91.